The van der Waals surface area contributed by atoms with Gasteiger partial charge in [-0.25, -0.2) is 4.79 Å². The molecule has 0 unspecified atom stereocenters. The zero-order chi connectivity index (χ0) is 13.9. The first-order valence-electron chi connectivity index (χ1n) is 5.96. The van der Waals surface area contributed by atoms with Gasteiger partial charge in [0, 0.05) is 5.56 Å². The van der Waals surface area contributed by atoms with Gasteiger partial charge in [0.1, 0.15) is 5.58 Å². The van der Waals surface area contributed by atoms with Crippen molar-refractivity contribution in [2.24, 2.45) is 0 Å². The van der Waals surface area contributed by atoms with Gasteiger partial charge in [-0.15, -0.1) is 0 Å². The lowest BCUT2D eigenvalue weighted by molar-refractivity contribution is 0.432. The molecule has 0 saturated carbocycles. The van der Waals surface area contributed by atoms with Crippen molar-refractivity contribution in [1.82, 2.24) is 0 Å². The molecule has 3 rings (SSSR count). The summed E-state index contributed by atoms with van der Waals surface area (Å²) in [6.45, 7) is 1.29. The highest BCUT2D eigenvalue weighted by atomic mass is 16.5. The smallest absolute Gasteiger partial charge is 0.423 e. The number of ether oxygens (including phenoxy) is 1. The van der Waals surface area contributed by atoms with Crippen LogP contribution in [-0.2, 0) is 4.79 Å². The Morgan fingerprint density at radius 2 is 1.65 bits per heavy atom. The molecule has 4 heteroatoms. The van der Waals surface area contributed by atoms with Crippen LogP contribution in [0.15, 0.2) is 63.8 Å². The van der Waals surface area contributed by atoms with Gasteiger partial charge in [0.2, 0.25) is 11.2 Å². The molecule has 0 saturated heterocycles. The third-order valence-electron chi connectivity index (χ3n) is 2.94. The molecule has 97 valence electrons. The monoisotopic (exact) mass is 265 g/mol. The fourth-order valence-electron chi connectivity index (χ4n) is 2.04. The Morgan fingerprint density at radius 1 is 0.950 bits per heavy atom. The molecular weight excluding hydrogens is 256 g/mol. The van der Waals surface area contributed by atoms with Gasteiger partial charge in [-0.3, -0.25) is 4.79 Å². The van der Waals surface area contributed by atoms with Gasteiger partial charge in [-0.2, -0.15) is 0 Å². The molecule has 0 fully saturated rings. The van der Waals surface area contributed by atoms with Crippen LogP contribution in [0.4, 0.5) is 0 Å². The van der Waals surface area contributed by atoms with Gasteiger partial charge in [0.25, 0.3) is 0 Å². The standard InChI is InChI=1S/C16H9O4/c17-10-19-16-14(18)12-8-4-5-9-13(12)20-15(16)11-6-2-1-3-7-11/h1-9H. The summed E-state index contributed by atoms with van der Waals surface area (Å²) in [6, 6.07) is 15.8. The summed E-state index contributed by atoms with van der Waals surface area (Å²) in [5, 5.41) is 0.359. The van der Waals surface area contributed by atoms with E-state index in [2.05, 4.69) is 0 Å². The van der Waals surface area contributed by atoms with Crippen LogP contribution < -0.4 is 10.2 Å². The average molecular weight is 265 g/mol. The van der Waals surface area contributed by atoms with Gasteiger partial charge >= 0.3 is 6.47 Å². The van der Waals surface area contributed by atoms with Crippen molar-refractivity contribution in [1.29, 1.82) is 0 Å². The summed E-state index contributed by atoms with van der Waals surface area (Å²) < 4.78 is 10.4. The van der Waals surface area contributed by atoms with Gasteiger partial charge in [0.15, 0.2) is 5.76 Å². The van der Waals surface area contributed by atoms with E-state index in [-0.39, 0.29) is 11.5 Å². The molecule has 4 nitrogen and oxygen atoms in total. The zero-order valence-corrected chi connectivity index (χ0v) is 10.3. The van der Waals surface area contributed by atoms with E-state index in [1.165, 1.54) is 6.47 Å². The molecule has 0 N–H and O–H groups in total. The van der Waals surface area contributed by atoms with Crippen LogP contribution >= 0.6 is 0 Å². The lowest BCUT2D eigenvalue weighted by Crippen LogP contribution is -2.08. The first-order chi connectivity index (χ1) is 9.81. The summed E-state index contributed by atoms with van der Waals surface area (Å²) in [4.78, 5) is 22.9. The minimum Gasteiger partial charge on any atom is -0.452 e. The number of para-hydroxylation sites is 1. The Balaban J connectivity index is 2.38. The SMILES string of the molecule is O=[C]Oc1c(-c2ccccc2)oc2ccccc2c1=O. The third-order valence-corrected chi connectivity index (χ3v) is 2.94. The topological polar surface area (TPSA) is 56.5 Å². The largest absolute Gasteiger partial charge is 0.452 e. The fraction of sp³-hybridized carbons (Fsp3) is 0. The van der Waals surface area contributed by atoms with E-state index in [1.54, 1.807) is 48.5 Å². The molecule has 1 heterocycles. The number of rotatable bonds is 3. The van der Waals surface area contributed by atoms with Crippen molar-refractivity contribution in [3.8, 4) is 17.1 Å². The fourth-order valence-corrected chi connectivity index (χ4v) is 2.04. The van der Waals surface area contributed by atoms with E-state index >= 15 is 0 Å². The van der Waals surface area contributed by atoms with E-state index in [1.807, 2.05) is 6.07 Å². The van der Waals surface area contributed by atoms with Crippen molar-refractivity contribution >= 4 is 17.4 Å². The first kappa shape index (κ1) is 12.2. The Hall–Kier alpha value is -2.88. The Kier molecular flexibility index (Phi) is 3.05. The van der Waals surface area contributed by atoms with Crippen LogP contribution in [0.3, 0.4) is 0 Å². The molecule has 0 spiro atoms. The van der Waals surface area contributed by atoms with Crippen molar-refractivity contribution < 1.29 is 13.9 Å². The molecule has 0 amide bonds. The molecule has 2 aromatic carbocycles. The van der Waals surface area contributed by atoms with Crippen LogP contribution in [0.1, 0.15) is 0 Å². The lowest BCUT2D eigenvalue weighted by atomic mass is 10.1. The Morgan fingerprint density at radius 3 is 2.40 bits per heavy atom. The maximum absolute atomic E-state index is 12.3. The van der Waals surface area contributed by atoms with E-state index in [0.717, 1.165) is 0 Å². The van der Waals surface area contributed by atoms with Crippen LogP contribution in [0.25, 0.3) is 22.3 Å². The highest BCUT2D eigenvalue weighted by Crippen LogP contribution is 2.30. The highest BCUT2D eigenvalue weighted by molar-refractivity contribution is 5.82. The van der Waals surface area contributed by atoms with E-state index < -0.39 is 5.43 Å². The predicted octanol–water partition coefficient (Wildman–Crippen LogP) is 2.91. The van der Waals surface area contributed by atoms with Crippen molar-refractivity contribution in [3.05, 3.63) is 64.8 Å². The van der Waals surface area contributed by atoms with Crippen LogP contribution in [-0.4, -0.2) is 6.47 Å². The molecule has 20 heavy (non-hydrogen) atoms. The number of hydrogen-bond donors (Lipinski definition) is 0. The Labute approximate surface area is 114 Å². The van der Waals surface area contributed by atoms with Crippen LogP contribution in [0.2, 0.25) is 0 Å². The maximum atomic E-state index is 12.3. The second-order valence-corrected chi connectivity index (χ2v) is 4.14. The van der Waals surface area contributed by atoms with Crippen LogP contribution in [0, 0.1) is 0 Å². The number of hydrogen-bond acceptors (Lipinski definition) is 4. The summed E-state index contributed by atoms with van der Waals surface area (Å²) in [6.07, 6.45) is 0. The van der Waals surface area contributed by atoms with E-state index in [0.29, 0.717) is 16.5 Å². The van der Waals surface area contributed by atoms with Crippen molar-refractivity contribution in [3.63, 3.8) is 0 Å². The normalized spacial score (nSPS) is 10.4. The second kappa shape index (κ2) is 5.01. The predicted molar refractivity (Wildman–Crippen MR) is 74.2 cm³/mol. The molecule has 1 radical (unpaired) electrons. The molecule has 0 aliphatic heterocycles. The summed E-state index contributed by atoms with van der Waals surface area (Å²) in [5.74, 6) is 0.0718. The summed E-state index contributed by atoms with van der Waals surface area (Å²) >= 11 is 0. The van der Waals surface area contributed by atoms with Crippen molar-refractivity contribution in [2.75, 3.05) is 0 Å². The summed E-state index contributed by atoms with van der Waals surface area (Å²) in [5.41, 5.74) is 0.698. The molecule has 3 aromatic rings. The number of benzene rings is 2. The average Bonchev–Trinajstić information content (AvgIpc) is 2.51. The quantitative estimate of drug-likeness (QED) is 0.730. The lowest BCUT2D eigenvalue weighted by Gasteiger charge is -2.07. The van der Waals surface area contributed by atoms with E-state index in [9.17, 15) is 9.59 Å². The van der Waals surface area contributed by atoms with Crippen molar-refractivity contribution in [2.45, 2.75) is 0 Å². The maximum Gasteiger partial charge on any atom is 0.423 e. The molecule has 1 aromatic heterocycles. The Bertz CT molecular complexity index is 819. The molecule has 0 atom stereocenters. The first-order valence-corrected chi connectivity index (χ1v) is 5.96. The van der Waals surface area contributed by atoms with Gasteiger partial charge in [-0.1, -0.05) is 42.5 Å². The number of carbonyl (C=O) groups excluding carboxylic acids is 1. The van der Waals surface area contributed by atoms with Gasteiger partial charge < -0.3 is 9.15 Å². The molecule has 0 aliphatic rings. The van der Waals surface area contributed by atoms with E-state index in [4.69, 9.17) is 9.15 Å². The zero-order valence-electron chi connectivity index (χ0n) is 10.3. The van der Waals surface area contributed by atoms with Gasteiger partial charge in [0.05, 0.1) is 5.39 Å². The highest BCUT2D eigenvalue weighted by Gasteiger charge is 2.17. The third kappa shape index (κ3) is 1.97. The van der Waals surface area contributed by atoms with Crippen LogP contribution in [0.5, 0.6) is 5.75 Å². The number of fused-ring (bicyclic) bond motifs is 1. The minimum absolute atomic E-state index is 0.148. The summed E-state index contributed by atoms with van der Waals surface area (Å²) in [7, 11) is 0. The molecule has 0 bridgehead atoms. The second-order valence-electron chi connectivity index (χ2n) is 4.14. The molecular formula is C16H9O4. The molecule has 0 aliphatic carbocycles. The van der Waals surface area contributed by atoms with Gasteiger partial charge in [-0.05, 0) is 12.1 Å². The minimum atomic E-state index is -0.394.